The van der Waals surface area contributed by atoms with Crippen molar-refractivity contribution in [3.05, 3.63) is 10.1 Å². The Balaban J connectivity index is 2.84. The van der Waals surface area contributed by atoms with Gasteiger partial charge in [-0.15, -0.1) is 0 Å². The molecule has 0 bridgehead atoms. The first-order valence-electron chi connectivity index (χ1n) is 3.79. The molecule has 2 atom stereocenters. The summed E-state index contributed by atoms with van der Waals surface area (Å²) >= 11 is 0. The molecule has 1 N–H and O–H groups in total. The molecule has 1 saturated heterocycles. The highest BCUT2D eigenvalue weighted by molar-refractivity contribution is 5.77. The lowest BCUT2D eigenvalue weighted by Crippen LogP contribution is -2.52. The normalized spacial score (nSPS) is 28.4. The predicted octanol–water partition coefficient (Wildman–Crippen LogP) is 0.330. The Morgan fingerprint density at radius 3 is 2.50 bits per heavy atom. The van der Waals surface area contributed by atoms with Gasteiger partial charge in [-0.1, -0.05) is 0 Å². The molecule has 1 fully saturated rings. The van der Waals surface area contributed by atoms with Crippen LogP contribution in [-0.4, -0.2) is 29.6 Å². The Morgan fingerprint density at radius 1 is 1.50 bits per heavy atom. The van der Waals surface area contributed by atoms with Gasteiger partial charge in [-0.2, -0.15) is 13.2 Å². The summed E-state index contributed by atoms with van der Waals surface area (Å²) in [5, 5.41) is 12.3. The Kier molecular flexibility index (Phi) is 2.63. The summed E-state index contributed by atoms with van der Waals surface area (Å²) in [6, 6.07) is -1.77. The fraction of sp³-hybridized carbons (Fsp3) is 0.833. The van der Waals surface area contributed by atoms with Gasteiger partial charge in [-0.05, 0) is 0 Å². The fourth-order valence-corrected chi connectivity index (χ4v) is 1.32. The monoisotopic (exact) mass is 212 g/mol. The lowest BCUT2D eigenvalue weighted by Gasteiger charge is -2.26. The van der Waals surface area contributed by atoms with Crippen molar-refractivity contribution in [3.63, 3.8) is 0 Å². The molecule has 1 amide bonds. The summed E-state index contributed by atoms with van der Waals surface area (Å²) in [5.41, 5.74) is 0. The molecule has 0 radical (unpaired) electrons. The topological polar surface area (TPSA) is 72.2 Å². The quantitative estimate of drug-likeness (QED) is 0.502. The maximum absolute atomic E-state index is 12.2. The van der Waals surface area contributed by atoms with Crippen molar-refractivity contribution in [3.8, 4) is 0 Å². The third-order valence-corrected chi connectivity index (χ3v) is 2.07. The van der Waals surface area contributed by atoms with Gasteiger partial charge in [0.05, 0.1) is 6.54 Å². The zero-order chi connectivity index (χ0) is 10.9. The molecular weight excluding hydrogens is 205 g/mol. The molecule has 5 nitrogen and oxygen atoms in total. The Morgan fingerprint density at radius 2 is 2.07 bits per heavy atom. The lowest BCUT2D eigenvalue weighted by molar-refractivity contribution is -0.540. The van der Waals surface area contributed by atoms with E-state index in [-0.39, 0.29) is 0 Å². The van der Waals surface area contributed by atoms with E-state index in [0.717, 1.165) is 0 Å². The van der Waals surface area contributed by atoms with Crippen molar-refractivity contribution < 1.29 is 22.9 Å². The van der Waals surface area contributed by atoms with Crippen LogP contribution in [0, 0.1) is 16.0 Å². The molecule has 0 aliphatic carbocycles. The number of nitro groups is 1. The number of alkyl halides is 3. The average Bonchev–Trinajstić information content (AvgIpc) is 2.01. The number of nitrogens with one attached hydrogen (secondary N) is 1. The third-order valence-electron chi connectivity index (χ3n) is 2.07. The van der Waals surface area contributed by atoms with Crippen LogP contribution in [0.15, 0.2) is 0 Å². The summed E-state index contributed by atoms with van der Waals surface area (Å²) < 4.78 is 36.7. The minimum absolute atomic E-state index is 0.560. The van der Waals surface area contributed by atoms with Crippen LogP contribution in [0.25, 0.3) is 0 Å². The van der Waals surface area contributed by atoms with Gasteiger partial charge in [0.25, 0.3) is 0 Å². The zero-order valence-electron chi connectivity index (χ0n) is 6.87. The van der Waals surface area contributed by atoms with Crippen molar-refractivity contribution in [1.82, 2.24) is 5.32 Å². The van der Waals surface area contributed by atoms with Gasteiger partial charge in [0, 0.05) is 11.3 Å². The highest BCUT2D eigenvalue weighted by Crippen LogP contribution is 2.33. The van der Waals surface area contributed by atoms with Crippen molar-refractivity contribution in [2.45, 2.75) is 18.6 Å². The molecule has 1 heterocycles. The standard InChI is InChI=1S/C6H7F3N2O3/c7-6(8,9)3-1-5(12)10-2-4(3)11(13)14/h3-4H,1-2H2,(H,10,12)/t3-,4+/m1/s1. The molecule has 0 unspecified atom stereocenters. The number of rotatable bonds is 1. The number of amides is 1. The van der Waals surface area contributed by atoms with Crippen molar-refractivity contribution in [2.75, 3.05) is 6.54 Å². The van der Waals surface area contributed by atoms with Gasteiger partial charge >= 0.3 is 6.18 Å². The largest absolute Gasteiger partial charge is 0.398 e. The summed E-state index contributed by atoms with van der Waals surface area (Å²) in [7, 11) is 0. The number of nitrogens with zero attached hydrogens (tertiary/aromatic N) is 1. The number of piperidine rings is 1. The number of halogens is 3. The zero-order valence-corrected chi connectivity index (χ0v) is 6.87. The Bertz CT molecular complexity index is 266. The van der Waals surface area contributed by atoms with Crippen LogP contribution >= 0.6 is 0 Å². The van der Waals surface area contributed by atoms with E-state index < -0.39 is 41.9 Å². The van der Waals surface area contributed by atoms with E-state index in [0.29, 0.717) is 0 Å². The second kappa shape index (κ2) is 3.43. The summed E-state index contributed by atoms with van der Waals surface area (Å²) in [6.45, 7) is -0.560. The van der Waals surface area contributed by atoms with Crippen LogP contribution < -0.4 is 5.32 Å². The number of carbonyl (C=O) groups excluding carboxylic acids is 1. The molecule has 0 spiro atoms. The lowest BCUT2D eigenvalue weighted by atomic mass is 9.92. The maximum Gasteiger partial charge on any atom is 0.398 e. The smallest absolute Gasteiger partial charge is 0.349 e. The van der Waals surface area contributed by atoms with E-state index in [1.807, 2.05) is 5.32 Å². The molecular formula is C6H7F3N2O3. The van der Waals surface area contributed by atoms with Gasteiger partial charge in [0.2, 0.25) is 11.9 Å². The molecule has 0 saturated carbocycles. The summed E-state index contributed by atoms with van der Waals surface area (Å²) in [4.78, 5) is 19.9. The predicted molar refractivity (Wildman–Crippen MR) is 38.0 cm³/mol. The average molecular weight is 212 g/mol. The van der Waals surface area contributed by atoms with Crippen LogP contribution in [0.2, 0.25) is 0 Å². The maximum atomic E-state index is 12.2. The molecule has 1 rings (SSSR count). The first kappa shape index (κ1) is 10.7. The van der Waals surface area contributed by atoms with Gasteiger partial charge in [0.15, 0.2) is 0 Å². The molecule has 8 heteroatoms. The second-order valence-electron chi connectivity index (χ2n) is 3.01. The van der Waals surface area contributed by atoms with Crippen molar-refractivity contribution >= 4 is 5.91 Å². The highest BCUT2D eigenvalue weighted by atomic mass is 19.4. The number of carbonyl (C=O) groups is 1. The first-order chi connectivity index (χ1) is 6.32. The highest BCUT2D eigenvalue weighted by Gasteiger charge is 2.53. The first-order valence-corrected chi connectivity index (χ1v) is 3.79. The van der Waals surface area contributed by atoms with Crippen LogP contribution in [-0.2, 0) is 4.79 Å². The van der Waals surface area contributed by atoms with Gasteiger partial charge in [-0.25, -0.2) is 0 Å². The third kappa shape index (κ3) is 2.12. The van der Waals surface area contributed by atoms with Crippen molar-refractivity contribution in [1.29, 1.82) is 0 Å². The number of hydrogen-bond donors (Lipinski definition) is 1. The van der Waals surface area contributed by atoms with Crippen LogP contribution in [0.5, 0.6) is 0 Å². The van der Waals surface area contributed by atoms with E-state index in [1.54, 1.807) is 0 Å². The minimum atomic E-state index is -4.70. The molecule has 0 aromatic rings. The second-order valence-corrected chi connectivity index (χ2v) is 3.01. The van der Waals surface area contributed by atoms with Gasteiger partial charge in [-0.3, -0.25) is 14.9 Å². The Hall–Kier alpha value is -1.34. The molecule has 1 aliphatic heterocycles. The van der Waals surface area contributed by atoms with Crippen molar-refractivity contribution in [2.24, 2.45) is 5.92 Å². The van der Waals surface area contributed by atoms with E-state index in [1.165, 1.54) is 0 Å². The molecule has 0 aromatic heterocycles. The minimum Gasteiger partial charge on any atom is -0.349 e. The van der Waals surface area contributed by atoms with E-state index >= 15 is 0 Å². The molecule has 0 aromatic carbocycles. The van der Waals surface area contributed by atoms with Gasteiger partial charge < -0.3 is 5.32 Å². The molecule has 80 valence electrons. The molecule has 1 aliphatic rings. The van der Waals surface area contributed by atoms with E-state index in [4.69, 9.17) is 0 Å². The number of hydrogen-bond acceptors (Lipinski definition) is 3. The SMILES string of the molecule is O=C1C[C@@H](C(F)(F)F)[C@@H]([N+](=O)[O-])CN1. The van der Waals surface area contributed by atoms with Crippen LogP contribution in [0.3, 0.4) is 0 Å². The van der Waals surface area contributed by atoms with Crippen LogP contribution in [0.1, 0.15) is 6.42 Å². The molecule has 14 heavy (non-hydrogen) atoms. The fourth-order valence-electron chi connectivity index (χ4n) is 1.32. The van der Waals surface area contributed by atoms with E-state index in [9.17, 15) is 28.1 Å². The Labute approximate surface area is 76.4 Å². The van der Waals surface area contributed by atoms with Crippen LogP contribution in [0.4, 0.5) is 13.2 Å². The summed E-state index contributed by atoms with van der Waals surface area (Å²) in [6.07, 6.45) is -5.56. The van der Waals surface area contributed by atoms with E-state index in [2.05, 4.69) is 0 Å². The van der Waals surface area contributed by atoms with Gasteiger partial charge in [0.1, 0.15) is 5.92 Å². The summed E-state index contributed by atoms with van der Waals surface area (Å²) in [5.74, 6) is -2.98.